The van der Waals surface area contributed by atoms with E-state index in [-0.39, 0.29) is 5.92 Å². The smallest absolute Gasteiger partial charge is 0.118 e. The Balaban J connectivity index is 2.00. The fourth-order valence-corrected chi connectivity index (χ4v) is 4.18. The summed E-state index contributed by atoms with van der Waals surface area (Å²) in [6.45, 7) is 6.13. The highest BCUT2D eigenvalue weighted by Crippen LogP contribution is 2.42. The van der Waals surface area contributed by atoms with Crippen LogP contribution in [0.5, 0.6) is 5.75 Å². The summed E-state index contributed by atoms with van der Waals surface area (Å²) in [7, 11) is 1.65. The van der Waals surface area contributed by atoms with Gasteiger partial charge in [-0.05, 0) is 41.8 Å². The van der Waals surface area contributed by atoms with Gasteiger partial charge in [0.15, 0.2) is 0 Å². The van der Waals surface area contributed by atoms with Gasteiger partial charge in [-0.1, -0.05) is 49.2 Å². The second-order valence-corrected chi connectivity index (χ2v) is 7.86. The topological polar surface area (TPSA) is 41.9 Å². The van der Waals surface area contributed by atoms with Crippen LogP contribution in [0.25, 0.3) is 0 Å². The first-order valence-electron chi connectivity index (χ1n) is 9.99. The van der Waals surface area contributed by atoms with Gasteiger partial charge < -0.3 is 14.6 Å². The van der Waals surface area contributed by atoms with Crippen molar-refractivity contribution in [2.45, 2.75) is 31.3 Å². The zero-order chi connectivity index (χ0) is 20.0. The predicted molar refractivity (Wildman–Crippen MR) is 113 cm³/mol. The zero-order valence-electron chi connectivity index (χ0n) is 16.7. The molecule has 1 saturated heterocycles. The molecule has 0 aliphatic carbocycles. The third-order valence-corrected chi connectivity index (χ3v) is 5.87. The van der Waals surface area contributed by atoms with Gasteiger partial charge in [-0.15, -0.1) is 0 Å². The molecule has 4 nitrogen and oxygen atoms in total. The Morgan fingerprint density at radius 1 is 1.11 bits per heavy atom. The highest BCUT2D eigenvalue weighted by molar-refractivity contribution is 6.30. The fourth-order valence-electron chi connectivity index (χ4n) is 4.05. The van der Waals surface area contributed by atoms with Crippen LogP contribution in [0, 0.1) is 0 Å². The molecule has 1 N–H and O–H groups in total. The maximum absolute atomic E-state index is 12.0. The fraction of sp³-hybridized carbons (Fsp3) is 0.478. The molecule has 1 fully saturated rings. The lowest BCUT2D eigenvalue weighted by Gasteiger charge is -2.41. The van der Waals surface area contributed by atoms with Gasteiger partial charge in [-0.3, -0.25) is 4.90 Å². The molecule has 2 aromatic carbocycles. The highest BCUT2D eigenvalue weighted by atomic mass is 35.5. The summed E-state index contributed by atoms with van der Waals surface area (Å²) in [5.74, 6) is 0.718. The van der Waals surface area contributed by atoms with E-state index in [4.69, 9.17) is 21.1 Å². The summed E-state index contributed by atoms with van der Waals surface area (Å²) in [6.07, 6.45) is 1.56. The lowest BCUT2D eigenvalue weighted by atomic mass is 9.74. The molecule has 1 aliphatic rings. The van der Waals surface area contributed by atoms with Gasteiger partial charge in [0.1, 0.15) is 5.75 Å². The SMILES string of the molecule is CCC[C@](O)(c1ccc(OC)cc1)[C@@H](CN1CCOCC1)c1ccc(Cl)cc1. The molecule has 152 valence electrons. The molecule has 0 saturated carbocycles. The van der Waals surface area contributed by atoms with E-state index in [2.05, 4.69) is 11.8 Å². The van der Waals surface area contributed by atoms with Gasteiger partial charge >= 0.3 is 0 Å². The van der Waals surface area contributed by atoms with Crippen LogP contribution >= 0.6 is 11.6 Å². The third-order valence-electron chi connectivity index (χ3n) is 5.61. The average molecular weight is 404 g/mol. The van der Waals surface area contributed by atoms with Crippen LogP contribution in [-0.2, 0) is 10.3 Å². The normalized spacial score (nSPS) is 18.4. The molecular formula is C23H30ClNO3. The quantitative estimate of drug-likeness (QED) is 0.706. The van der Waals surface area contributed by atoms with E-state index >= 15 is 0 Å². The molecule has 0 bridgehead atoms. The first kappa shape index (κ1) is 21.1. The van der Waals surface area contributed by atoms with Crippen LogP contribution in [0.4, 0.5) is 0 Å². The van der Waals surface area contributed by atoms with E-state index in [1.165, 1.54) is 0 Å². The summed E-state index contributed by atoms with van der Waals surface area (Å²) < 4.78 is 10.8. The molecule has 2 aromatic rings. The standard InChI is InChI=1S/C23H30ClNO3/c1-3-12-23(26,19-6-10-21(27-2)11-7-19)22(17-25-13-15-28-16-14-25)18-4-8-20(24)9-5-18/h4-11,22,26H,3,12-17H2,1-2H3/t22-,23-/m0/s1. The van der Waals surface area contributed by atoms with Crippen LogP contribution in [0.1, 0.15) is 36.8 Å². The zero-order valence-corrected chi connectivity index (χ0v) is 17.5. The predicted octanol–water partition coefficient (Wildman–Crippen LogP) is 4.45. The molecule has 2 atom stereocenters. The second kappa shape index (κ2) is 9.75. The number of methoxy groups -OCH3 is 1. The monoisotopic (exact) mass is 403 g/mol. The number of morpholine rings is 1. The highest BCUT2D eigenvalue weighted by Gasteiger charge is 2.39. The third kappa shape index (κ3) is 4.87. The van der Waals surface area contributed by atoms with E-state index in [0.717, 1.165) is 56.1 Å². The van der Waals surface area contributed by atoms with Crippen LogP contribution in [0.2, 0.25) is 5.02 Å². The first-order chi connectivity index (χ1) is 13.6. The van der Waals surface area contributed by atoms with Crippen LogP contribution < -0.4 is 4.74 Å². The lowest BCUT2D eigenvalue weighted by Crippen LogP contribution is -2.45. The number of hydrogen-bond acceptors (Lipinski definition) is 4. The molecule has 1 heterocycles. The van der Waals surface area contributed by atoms with Crippen LogP contribution in [0.15, 0.2) is 48.5 Å². The molecule has 0 spiro atoms. The van der Waals surface area contributed by atoms with Gasteiger partial charge in [-0.2, -0.15) is 0 Å². The second-order valence-electron chi connectivity index (χ2n) is 7.42. The minimum absolute atomic E-state index is 0.0730. The van der Waals surface area contributed by atoms with Gasteiger partial charge in [0.25, 0.3) is 0 Å². The Bertz CT molecular complexity index is 729. The molecule has 0 aromatic heterocycles. The van der Waals surface area contributed by atoms with Gasteiger partial charge in [0, 0.05) is 30.6 Å². The Hall–Kier alpha value is -1.59. The molecule has 28 heavy (non-hydrogen) atoms. The van der Waals surface area contributed by atoms with Crippen molar-refractivity contribution in [3.63, 3.8) is 0 Å². The van der Waals surface area contributed by atoms with Crippen LogP contribution in [0.3, 0.4) is 0 Å². The maximum atomic E-state index is 12.0. The number of hydrogen-bond donors (Lipinski definition) is 1. The Labute approximate surface area is 173 Å². The van der Waals surface area contributed by atoms with Crippen molar-refractivity contribution in [2.24, 2.45) is 0 Å². The molecule has 1 aliphatic heterocycles. The number of rotatable bonds is 8. The number of benzene rings is 2. The van der Waals surface area contributed by atoms with Crippen molar-refractivity contribution < 1.29 is 14.6 Å². The summed E-state index contributed by atoms with van der Waals surface area (Å²) >= 11 is 6.13. The molecule has 3 rings (SSSR count). The molecule has 5 heteroatoms. The number of nitrogens with zero attached hydrogens (tertiary/aromatic N) is 1. The van der Waals surface area contributed by atoms with Gasteiger partial charge in [0.05, 0.1) is 25.9 Å². The lowest BCUT2D eigenvalue weighted by molar-refractivity contribution is -0.0285. The molecular weight excluding hydrogens is 374 g/mol. The Morgan fingerprint density at radius 2 is 1.75 bits per heavy atom. The van der Waals surface area contributed by atoms with Gasteiger partial charge in [-0.25, -0.2) is 0 Å². The minimum atomic E-state index is -0.979. The minimum Gasteiger partial charge on any atom is -0.497 e. The van der Waals surface area contributed by atoms with Crippen molar-refractivity contribution in [3.05, 3.63) is 64.7 Å². The van der Waals surface area contributed by atoms with E-state index in [1.807, 2.05) is 48.5 Å². The van der Waals surface area contributed by atoms with Crippen molar-refractivity contribution in [1.82, 2.24) is 4.90 Å². The van der Waals surface area contributed by atoms with E-state index < -0.39 is 5.60 Å². The Kier molecular flexibility index (Phi) is 7.36. The molecule has 0 radical (unpaired) electrons. The van der Waals surface area contributed by atoms with E-state index in [1.54, 1.807) is 7.11 Å². The summed E-state index contributed by atoms with van der Waals surface area (Å²) in [6, 6.07) is 15.7. The van der Waals surface area contributed by atoms with Crippen molar-refractivity contribution >= 4 is 11.6 Å². The average Bonchev–Trinajstić information content (AvgIpc) is 2.74. The van der Waals surface area contributed by atoms with Crippen molar-refractivity contribution in [3.8, 4) is 5.75 Å². The first-order valence-corrected chi connectivity index (χ1v) is 10.4. The van der Waals surface area contributed by atoms with Gasteiger partial charge in [0.2, 0.25) is 0 Å². The summed E-state index contributed by atoms with van der Waals surface area (Å²) in [5.41, 5.74) is 1.04. The number of aliphatic hydroxyl groups is 1. The molecule has 0 amide bonds. The molecule has 0 unspecified atom stereocenters. The van der Waals surface area contributed by atoms with Crippen molar-refractivity contribution in [1.29, 1.82) is 0 Å². The maximum Gasteiger partial charge on any atom is 0.118 e. The van der Waals surface area contributed by atoms with E-state index in [0.29, 0.717) is 11.4 Å². The number of halogens is 1. The number of ether oxygens (including phenoxy) is 2. The Morgan fingerprint density at radius 3 is 2.32 bits per heavy atom. The summed E-state index contributed by atoms with van der Waals surface area (Å²) in [5, 5.41) is 12.7. The summed E-state index contributed by atoms with van der Waals surface area (Å²) in [4.78, 5) is 2.38. The largest absolute Gasteiger partial charge is 0.497 e. The van der Waals surface area contributed by atoms with Crippen molar-refractivity contribution in [2.75, 3.05) is 40.0 Å². The van der Waals surface area contributed by atoms with E-state index in [9.17, 15) is 5.11 Å². The van der Waals surface area contributed by atoms with Crippen LogP contribution in [-0.4, -0.2) is 50.0 Å².